The molecule has 1 aromatic carbocycles. The molecular weight excluding hydrogens is 326 g/mol. The molecule has 2 aliphatic rings. The molecule has 1 N–H and O–H groups in total. The summed E-state index contributed by atoms with van der Waals surface area (Å²) in [5.41, 5.74) is 2.08. The van der Waals surface area contributed by atoms with E-state index in [1.165, 1.54) is 19.3 Å². The summed E-state index contributed by atoms with van der Waals surface area (Å²) in [6.45, 7) is 2.88. The smallest absolute Gasteiger partial charge is 0.185 e. The van der Waals surface area contributed by atoms with E-state index < -0.39 is 0 Å². The summed E-state index contributed by atoms with van der Waals surface area (Å²) < 4.78 is 7.78. The maximum absolute atomic E-state index is 5.95. The maximum atomic E-state index is 5.95. The lowest BCUT2D eigenvalue weighted by atomic mass is 9.51. The van der Waals surface area contributed by atoms with Crippen molar-refractivity contribution in [1.29, 1.82) is 0 Å². The second-order valence-corrected chi connectivity index (χ2v) is 7.34. The van der Waals surface area contributed by atoms with Crippen LogP contribution < -0.4 is 5.32 Å². The van der Waals surface area contributed by atoms with Crippen molar-refractivity contribution in [2.45, 2.75) is 44.8 Å². The predicted octanol–water partition coefficient (Wildman–Crippen LogP) is 3.55. The fourth-order valence-electron chi connectivity index (χ4n) is 4.45. The van der Waals surface area contributed by atoms with E-state index in [1.54, 1.807) is 0 Å². The van der Waals surface area contributed by atoms with Gasteiger partial charge in [-0.3, -0.25) is 0 Å². The highest BCUT2D eigenvalue weighted by molar-refractivity contribution is 5.59. The average Bonchev–Trinajstić information content (AvgIpc) is 3.03. The number of hydrogen-bond acceptors (Lipinski definition) is 5. The Hall–Kier alpha value is -2.47. The SMILES string of the molecule is CCOC1CC(Nc2ccc3nnc(-c4ccccc4)n3n2)C12CCC2. The zero-order chi connectivity index (χ0) is 17.6. The molecule has 2 unspecified atom stereocenters. The van der Waals surface area contributed by atoms with Crippen LogP contribution in [-0.4, -0.2) is 38.6 Å². The largest absolute Gasteiger partial charge is 0.378 e. The molecule has 134 valence electrons. The number of hydrogen-bond donors (Lipinski definition) is 1. The van der Waals surface area contributed by atoms with Crippen LogP contribution in [0.2, 0.25) is 0 Å². The van der Waals surface area contributed by atoms with Crippen LogP contribution in [0.4, 0.5) is 5.82 Å². The Morgan fingerprint density at radius 1 is 1.15 bits per heavy atom. The van der Waals surface area contributed by atoms with Gasteiger partial charge < -0.3 is 10.1 Å². The summed E-state index contributed by atoms with van der Waals surface area (Å²) in [7, 11) is 0. The predicted molar refractivity (Wildman–Crippen MR) is 99.9 cm³/mol. The van der Waals surface area contributed by atoms with Gasteiger partial charge in [0.15, 0.2) is 11.5 Å². The van der Waals surface area contributed by atoms with E-state index in [9.17, 15) is 0 Å². The number of benzene rings is 1. The Balaban J connectivity index is 1.42. The summed E-state index contributed by atoms with van der Waals surface area (Å²) >= 11 is 0. The fraction of sp³-hybridized carbons (Fsp3) is 0.450. The Labute approximate surface area is 152 Å². The minimum absolute atomic E-state index is 0.308. The minimum Gasteiger partial charge on any atom is -0.378 e. The number of nitrogens with one attached hydrogen (secondary N) is 1. The van der Waals surface area contributed by atoms with Crippen LogP contribution in [0.3, 0.4) is 0 Å². The van der Waals surface area contributed by atoms with Gasteiger partial charge in [0.05, 0.1) is 6.10 Å². The first-order chi connectivity index (χ1) is 12.8. The molecule has 3 aromatic rings. The van der Waals surface area contributed by atoms with Gasteiger partial charge in [-0.2, -0.15) is 4.52 Å². The minimum atomic E-state index is 0.308. The van der Waals surface area contributed by atoms with Crippen molar-refractivity contribution in [2.24, 2.45) is 5.41 Å². The maximum Gasteiger partial charge on any atom is 0.185 e. The first kappa shape index (κ1) is 15.8. The van der Waals surface area contributed by atoms with Crippen molar-refractivity contribution in [3.8, 4) is 11.4 Å². The van der Waals surface area contributed by atoms with Crippen LogP contribution in [0, 0.1) is 5.41 Å². The molecule has 2 aromatic heterocycles. The molecule has 0 amide bonds. The molecule has 26 heavy (non-hydrogen) atoms. The number of aromatic nitrogens is 4. The molecule has 2 atom stereocenters. The van der Waals surface area contributed by atoms with Crippen molar-refractivity contribution in [1.82, 2.24) is 19.8 Å². The van der Waals surface area contributed by atoms with Gasteiger partial charge in [0, 0.05) is 23.6 Å². The molecule has 2 saturated carbocycles. The second-order valence-electron chi connectivity index (χ2n) is 7.34. The van der Waals surface area contributed by atoms with E-state index >= 15 is 0 Å². The molecule has 2 heterocycles. The lowest BCUT2D eigenvalue weighted by Crippen LogP contribution is -2.64. The molecular formula is C20H23N5O. The highest BCUT2D eigenvalue weighted by atomic mass is 16.5. The van der Waals surface area contributed by atoms with Crippen molar-refractivity contribution >= 4 is 11.5 Å². The molecule has 0 radical (unpaired) electrons. The normalized spacial score (nSPS) is 23.6. The first-order valence-corrected chi connectivity index (χ1v) is 9.46. The van der Waals surface area contributed by atoms with Crippen LogP contribution in [0.15, 0.2) is 42.5 Å². The van der Waals surface area contributed by atoms with Crippen LogP contribution in [-0.2, 0) is 4.74 Å². The van der Waals surface area contributed by atoms with Crippen molar-refractivity contribution in [3.63, 3.8) is 0 Å². The topological polar surface area (TPSA) is 64.3 Å². The Kier molecular flexibility index (Phi) is 3.67. The van der Waals surface area contributed by atoms with Gasteiger partial charge in [0.2, 0.25) is 0 Å². The third-order valence-corrected chi connectivity index (χ3v) is 6.05. The summed E-state index contributed by atoms with van der Waals surface area (Å²) in [5.74, 6) is 1.64. The van der Waals surface area contributed by atoms with Gasteiger partial charge in [0.1, 0.15) is 5.82 Å². The van der Waals surface area contributed by atoms with E-state index in [0.29, 0.717) is 17.6 Å². The van der Waals surface area contributed by atoms with Crippen molar-refractivity contribution in [3.05, 3.63) is 42.5 Å². The Morgan fingerprint density at radius 3 is 2.73 bits per heavy atom. The van der Waals surface area contributed by atoms with Gasteiger partial charge in [0.25, 0.3) is 0 Å². The summed E-state index contributed by atoms with van der Waals surface area (Å²) in [6.07, 6.45) is 5.26. The summed E-state index contributed by atoms with van der Waals surface area (Å²) in [5, 5.41) is 17.0. The molecule has 2 fully saturated rings. The van der Waals surface area contributed by atoms with Gasteiger partial charge in [-0.25, -0.2) is 0 Å². The molecule has 0 saturated heterocycles. The molecule has 1 spiro atoms. The number of nitrogens with zero attached hydrogens (tertiary/aromatic N) is 4. The van der Waals surface area contributed by atoms with Gasteiger partial charge >= 0.3 is 0 Å². The third-order valence-electron chi connectivity index (χ3n) is 6.05. The molecule has 2 aliphatic carbocycles. The Bertz CT molecular complexity index is 918. The number of ether oxygens (including phenoxy) is 1. The number of fused-ring (bicyclic) bond motifs is 1. The summed E-state index contributed by atoms with van der Waals surface area (Å²) in [6, 6.07) is 14.5. The van der Waals surface area contributed by atoms with Gasteiger partial charge in [-0.1, -0.05) is 36.8 Å². The molecule has 6 nitrogen and oxygen atoms in total. The van der Waals surface area contributed by atoms with E-state index in [-0.39, 0.29) is 0 Å². The average molecular weight is 349 g/mol. The fourth-order valence-corrected chi connectivity index (χ4v) is 4.45. The van der Waals surface area contributed by atoms with E-state index in [4.69, 9.17) is 9.84 Å². The van der Waals surface area contributed by atoms with Gasteiger partial charge in [-0.05, 0) is 38.3 Å². The van der Waals surface area contributed by atoms with Crippen LogP contribution in [0.1, 0.15) is 32.6 Å². The second kappa shape index (κ2) is 6.06. The van der Waals surface area contributed by atoms with E-state index in [2.05, 4.69) is 22.4 Å². The van der Waals surface area contributed by atoms with Crippen LogP contribution in [0.25, 0.3) is 17.0 Å². The van der Waals surface area contributed by atoms with E-state index in [1.807, 2.05) is 47.0 Å². The number of rotatable bonds is 5. The van der Waals surface area contributed by atoms with Crippen LogP contribution in [0.5, 0.6) is 0 Å². The highest BCUT2D eigenvalue weighted by Gasteiger charge is 2.59. The zero-order valence-electron chi connectivity index (χ0n) is 14.9. The highest BCUT2D eigenvalue weighted by Crippen LogP contribution is 2.58. The van der Waals surface area contributed by atoms with E-state index in [0.717, 1.165) is 35.9 Å². The molecule has 6 heteroatoms. The Morgan fingerprint density at radius 2 is 2.00 bits per heavy atom. The monoisotopic (exact) mass is 349 g/mol. The van der Waals surface area contributed by atoms with Crippen LogP contribution >= 0.6 is 0 Å². The summed E-state index contributed by atoms with van der Waals surface area (Å²) in [4.78, 5) is 0. The standard InChI is InChI=1S/C20H23N5O/c1-2-26-16-13-15(20(16)11-6-12-20)21-17-9-10-18-22-23-19(25(18)24-17)14-7-4-3-5-8-14/h3-5,7-10,15-16H,2,6,11-13H2,1H3,(H,21,24). The lowest BCUT2D eigenvalue weighted by molar-refractivity contribution is -0.157. The van der Waals surface area contributed by atoms with Gasteiger partial charge in [-0.15, -0.1) is 15.3 Å². The quantitative estimate of drug-likeness (QED) is 0.763. The van der Waals surface area contributed by atoms with Crippen molar-refractivity contribution < 1.29 is 4.74 Å². The molecule has 0 bridgehead atoms. The number of anilines is 1. The molecule has 5 rings (SSSR count). The third kappa shape index (κ3) is 2.32. The lowest BCUT2D eigenvalue weighted by Gasteiger charge is -2.61. The zero-order valence-corrected chi connectivity index (χ0v) is 14.9. The first-order valence-electron chi connectivity index (χ1n) is 9.46. The van der Waals surface area contributed by atoms with Crippen molar-refractivity contribution in [2.75, 3.05) is 11.9 Å². The molecule has 0 aliphatic heterocycles.